The van der Waals surface area contributed by atoms with Gasteiger partial charge in [-0.25, -0.2) is 4.98 Å². The topological polar surface area (TPSA) is 37.8 Å². The Morgan fingerprint density at radius 1 is 1.23 bits per heavy atom. The van der Waals surface area contributed by atoms with Gasteiger partial charge in [0.2, 0.25) is 5.13 Å². The van der Waals surface area contributed by atoms with Crippen molar-refractivity contribution < 1.29 is 0 Å². The van der Waals surface area contributed by atoms with Crippen LogP contribution in [-0.2, 0) is 0 Å². The molecule has 1 heterocycles. The summed E-state index contributed by atoms with van der Waals surface area (Å²) in [4.78, 5) is 4.14. The van der Waals surface area contributed by atoms with Crippen molar-refractivity contribution in [3.05, 3.63) is 6.33 Å². The molecule has 13 heavy (non-hydrogen) atoms. The number of hydrogen-bond donors (Lipinski definition) is 1. The Morgan fingerprint density at radius 3 is 2.62 bits per heavy atom. The van der Waals surface area contributed by atoms with Crippen LogP contribution in [-0.4, -0.2) is 15.4 Å². The van der Waals surface area contributed by atoms with Gasteiger partial charge in [0.05, 0.1) is 0 Å². The molecule has 0 aliphatic heterocycles. The molecule has 1 saturated carbocycles. The highest BCUT2D eigenvalue weighted by Gasteiger charge is 2.12. The van der Waals surface area contributed by atoms with Crippen LogP contribution in [0, 0.1) is 0 Å². The van der Waals surface area contributed by atoms with Gasteiger partial charge in [0.25, 0.3) is 0 Å². The maximum absolute atomic E-state index is 4.14. The number of nitrogens with one attached hydrogen (secondary N) is 1. The number of nitrogens with zero attached hydrogens (tertiary/aromatic N) is 2. The lowest BCUT2D eigenvalue weighted by Gasteiger charge is -2.14. The van der Waals surface area contributed by atoms with Gasteiger partial charge in [0.15, 0.2) is 0 Å². The van der Waals surface area contributed by atoms with Gasteiger partial charge in [-0.15, -0.1) is 0 Å². The van der Waals surface area contributed by atoms with Gasteiger partial charge in [-0.3, -0.25) is 0 Å². The van der Waals surface area contributed by atoms with E-state index < -0.39 is 0 Å². The Morgan fingerprint density at radius 2 is 2.00 bits per heavy atom. The van der Waals surface area contributed by atoms with E-state index in [9.17, 15) is 0 Å². The first-order valence-electron chi connectivity index (χ1n) is 4.98. The first-order chi connectivity index (χ1) is 6.45. The van der Waals surface area contributed by atoms with Crippen molar-refractivity contribution in [2.24, 2.45) is 0 Å². The molecule has 0 radical (unpaired) electrons. The highest BCUT2D eigenvalue weighted by atomic mass is 32.1. The van der Waals surface area contributed by atoms with Crippen molar-refractivity contribution in [3.8, 4) is 0 Å². The molecule has 0 spiro atoms. The van der Waals surface area contributed by atoms with Gasteiger partial charge < -0.3 is 5.32 Å². The fourth-order valence-electron chi connectivity index (χ4n) is 1.84. The van der Waals surface area contributed by atoms with Crippen molar-refractivity contribution in [2.75, 3.05) is 5.32 Å². The maximum atomic E-state index is 4.14. The Kier molecular flexibility index (Phi) is 3.13. The second-order valence-corrected chi connectivity index (χ2v) is 4.36. The van der Waals surface area contributed by atoms with Crippen LogP contribution in [0.1, 0.15) is 38.5 Å². The van der Waals surface area contributed by atoms with Crippen molar-refractivity contribution in [1.82, 2.24) is 9.36 Å². The minimum atomic E-state index is 0.635. The zero-order valence-electron chi connectivity index (χ0n) is 7.70. The second-order valence-electron chi connectivity index (χ2n) is 3.58. The van der Waals surface area contributed by atoms with E-state index in [2.05, 4.69) is 14.7 Å². The lowest BCUT2D eigenvalue weighted by Crippen LogP contribution is -2.17. The summed E-state index contributed by atoms with van der Waals surface area (Å²) in [6, 6.07) is 0.635. The molecule has 0 saturated heterocycles. The fraction of sp³-hybridized carbons (Fsp3) is 0.778. The monoisotopic (exact) mass is 197 g/mol. The minimum absolute atomic E-state index is 0.635. The Balaban J connectivity index is 1.86. The Labute approximate surface area is 82.8 Å². The smallest absolute Gasteiger partial charge is 0.202 e. The number of anilines is 1. The molecule has 1 aliphatic carbocycles. The largest absolute Gasteiger partial charge is 0.358 e. The third-order valence-electron chi connectivity index (χ3n) is 2.54. The molecule has 1 N–H and O–H groups in total. The van der Waals surface area contributed by atoms with E-state index in [0.717, 1.165) is 5.13 Å². The summed E-state index contributed by atoms with van der Waals surface area (Å²) in [6.07, 6.45) is 9.71. The van der Waals surface area contributed by atoms with Crippen LogP contribution < -0.4 is 5.32 Å². The summed E-state index contributed by atoms with van der Waals surface area (Å²) < 4.78 is 3.98. The number of aromatic nitrogens is 2. The molecule has 0 bridgehead atoms. The Hall–Kier alpha value is -0.640. The molecule has 1 aromatic heterocycles. The molecule has 0 aromatic carbocycles. The fourth-order valence-corrected chi connectivity index (χ4v) is 2.34. The first-order valence-corrected chi connectivity index (χ1v) is 5.76. The summed E-state index contributed by atoms with van der Waals surface area (Å²) in [5, 5.41) is 4.42. The minimum Gasteiger partial charge on any atom is -0.358 e. The maximum Gasteiger partial charge on any atom is 0.202 e. The molecule has 0 amide bonds. The second kappa shape index (κ2) is 4.56. The van der Waals surface area contributed by atoms with Crippen molar-refractivity contribution in [2.45, 2.75) is 44.6 Å². The van der Waals surface area contributed by atoms with Crippen LogP contribution in [0.4, 0.5) is 5.13 Å². The van der Waals surface area contributed by atoms with E-state index in [-0.39, 0.29) is 0 Å². The highest BCUT2D eigenvalue weighted by Crippen LogP contribution is 2.21. The van der Waals surface area contributed by atoms with Crippen LogP contribution >= 0.6 is 11.5 Å². The van der Waals surface area contributed by atoms with E-state index in [4.69, 9.17) is 0 Å². The molecule has 1 aliphatic rings. The normalized spacial score (nSPS) is 19.7. The summed E-state index contributed by atoms with van der Waals surface area (Å²) in [5.74, 6) is 0. The molecule has 3 nitrogen and oxygen atoms in total. The molecule has 1 aromatic rings. The van der Waals surface area contributed by atoms with E-state index in [0.29, 0.717) is 6.04 Å². The van der Waals surface area contributed by atoms with Crippen molar-refractivity contribution in [3.63, 3.8) is 0 Å². The van der Waals surface area contributed by atoms with E-state index in [1.807, 2.05) is 0 Å². The van der Waals surface area contributed by atoms with Crippen molar-refractivity contribution in [1.29, 1.82) is 0 Å². The zero-order chi connectivity index (χ0) is 8.93. The molecular formula is C9H15N3S. The van der Waals surface area contributed by atoms with Gasteiger partial charge in [0, 0.05) is 17.6 Å². The van der Waals surface area contributed by atoms with Crippen LogP contribution in [0.25, 0.3) is 0 Å². The third kappa shape index (κ3) is 2.66. The SMILES string of the molecule is c1nsc(NC2CCCCCC2)n1. The van der Waals surface area contributed by atoms with E-state index in [1.165, 1.54) is 50.1 Å². The summed E-state index contributed by atoms with van der Waals surface area (Å²) in [5.41, 5.74) is 0. The van der Waals surface area contributed by atoms with E-state index >= 15 is 0 Å². The third-order valence-corrected chi connectivity index (χ3v) is 3.14. The van der Waals surface area contributed by atoms with E-state index in [1.54, 1.807) is 6.33 Å². The molecule has 2 rings (SSSR count). The predicted molar refractivity (Wildman–Crippen MR) is 55.0 cm³/mol. The molecular weight excluding hydrogens is 182 g/mol. The Bertz CT molecular complexity index is 227. The summed E-state index contributed by atoms with van der Waals surface area (Å²) in [6.45, 7) is 0. The van der Waals surface area contributed by atoms with Gasteiger partial charge in [-0.2, -0.15) is 4.37 Å². The van der Waals surface area contributed by atoms with Gasteiger partial charge >= 0.3 is 0 Å². The van der Waals surface area contributed by atoms with Crippen molar-refractivity contribution >= 4 is 16.7 Å². The van der Waals surface area contributed by atoms with Crippen LogP contribution in [0.15, 0.2) is 6.33 Å². The quantitative estimate of drug-likeness (QED) is 0.741. The number of rotatable bonds is 2. The molecule has 0 atom stereocenters. The van der Waals surface area contributed by atoms with Gasteiger partial charge in [-0.05, 0) is 12.8 Å². The first kappa shape index (κ1) is 8.94. The highest BCUT2D eigenvalue weighted by molar-refractivity contribution is 7.09. The average Bonchev–Trinajstić information content (AvgIpc) is 2.49. The standard InChI is InChI=1S/C9H15N3S/c1-2-4-6-8(5-3-1)12-9-10-7-11-13-9/h7-8H,1-6H2,(H,10,11,12). The molecule has 4 heteroatoms. The lowest BCUT2D eigenvalue weighted by atomic mass is 10.1. The van der Waals surface area contributed by atoms with Gasteiger partial charge in [0.1, 0.15) is 6.33 Å². The molecule has 0 unspecified atom stereocenters. The number of hydrogen-bond acceptors (Lipinski definition) is 4. The van der Waals surface area contributed by atoms with Gasteiger partial charge in [-0.1, -0.05) is 25.7 Å². The van der Waals surface area contributed by atoms with Crippen LogP contribution in [0.3, 0.4) is 0 Å². The summed E-state index contributed by atoms with van der Waals surface area (Å²) >= 11 is 1.45. The average molecular weight is 197 g/mol. The van der Waals surface area contributed by atoms with Crippen LogP contribution in [0.5, 0.6) is 0 Å². The molecule has 1 fully saturated rings. The lowest BCUT2D eigenvalue weighted by molar-refractivity contribution is 0.619. The zero-order valence-corrected chi connectivity index (χ0v) is 8.52. The van der Waals surface area contributed by atoms with Crippen LogP contribution in [0.2, 0.25) is 0 Å². The predicted octanol–water partition coefficient (Wildman–Crippen LogP) is 2.67. The molecule has 72 valence electrons. The summed E-state index contributed by atoms with van der Waals surface area (Å²) in [7, 11) is 0.